The van der Waals surface area contributed by atoms with Crippen LogP contribution < -0.4 is 4.74 Å². The summed E-state index contributed by atoms with van der Waals surface area (Å²) in [6, 6.07) is 3.99. The Morgan fingerprint density at radius 2 is 2.16 bits per heavy atom. The van der Waals surface area contributed by atoms with Gasteiger partial charge in [-0.3, -0.25) is 9.69 Å². The highest BCUT2D eigenvalue weighted by Crippen LogP contribution is 2.24. The lowest BCUT2D eigenvalue weighted by atomic mass is 9.91. The van der Waals surface area contributed by atoms with E-state index in [1.54, 1.807) is 7.11 Å². The van der Waals surface area contributed by atoms with E-state index in [1.165, 1.54) is 30.9 Å². The molecule has 2 aromatic heterocycles. The van der Waals surface area contributed by atoms with Crippen molar-refractivity contribution in [1.82, 2.24) is 14.9 Å². The fraction of sp³-hybridized carbons (Fsp3) is 0.526. The summed E-state index contributed by atoms with van der Waals surface area (Å²) in [5, 5.41) is 0. The van der Waals surface area contributed by atoms with Gasteiger partial charge in [0, 0.05) is 25.2 Å². The standard InChI is InChI=1S/C19H25N3O3/c1-24-18-6-5-16(13-21-18)14-22-10-7-15(8-11-22)3-2-4-17(23)19-20-9-12-25-19/h5-6,9,12-13,15H,2-4,7-8,10-11,14H2,1H3. The molecule has 6 heteroatoms. The first kappa shape index (κ1) is 17.6. The van der Waals surface area contributed by atoms with Gasteiger partial charge in [0.2, 0.25) is 11.7 Å². The largest absolute Gasteiger partial charge is 0.481 e. The Bertz CT molecular complexity index is 647. The number of hydrogen-bond donors (Lipinski definition) is 0. The van der Waals surface area contributed by atoms with Crippen LogP contribution in [0.25, 0.3) is 0 Å². The van der Waals surface area contributed by atoms with Crippen LogP contribution in [0.3, 0.4) is 0 Å². The third kappa shape index (κ3) is 5.13. The van der Waals surface area contributed by atoms with E-state index in [9.17, 15) is 4.79 Å². The smallest absolute Gasteiger partial charge is 0.263 e. The molecule has 2 aromatic rings. The molecule has 0 N–H and O–H groups in total. The molecule has 0 amide bonds. The Hall–Kier alpha value is -2.21. The molecule has 0 spiro atoms. The molecule has 3 rings (SSSR count). The van der Waals surface area contributed by atoms with E-state index in [0.717, 1.165) is 32.5 Å². The van der Waals surface area contributed by atoms with E-state index in [1.807, 2.05) is 12.3 Å². The molecule has 0 saturated carbocycles. The molecule has 1 aliphatic heterocycles. The molecule has 1 aliphatic rings. The Morgan fingerprint density at radius 3 is 2.80 bits per heavy atom. The molecule has 134 valence electrons. The van der Waals surface area contributed by atoms with E-state index >= 15 is 0 Å². The molecule has 0 atom stereocenters. The minimum absolute atomic E-state index is 0.00874. The summed E-state index contributed by atoms with van der Waals surface area (Å²) in [7, 11) is 1.63. The third-order valence-electron chi connectivity index (χ3n) is 4.81. The fourth-order valence-corrected chi connectivity index (χ4v) is 3.34. The lowest BCUT2D eigenvalue weighted by Crippen LogP contribution is -2.33. The van der Waals surface area contributed by atoms with E-state index in [0.29, 0.717) is 18.2 Å². The number of ether oxygens (including phenoxy) is 1. The maximum atomic E-state index is 11.9. The molecule has 1 saturated heterocycles. The lowest BCUT2D eigenvalue weighted by Gasteiger charge is -2.31. The highest BCUT2D eigenvalue weighted by molar-refractivity contribution is 5.91. The molecule has 0 aromatic carbocycles. The molecule has 0 bridgehead atoms. The number of aromatic nitrogens is 2. The van der Waals surface area contributed by atoms with Crippen molar-refractivity contribution in [2.24, 2.45) is 5.92 Å². The minimum Gasteiger partial charge on any atom is -0.481 e. The molecule has 3 heterocycles. The van der Waals surface area contributed by atoms with Gasteiger partial charge >= 0.3 is 0 Å². The van der Waals surface area contributed by atoms with Crippen LogP contribution in [0, 0.1) is 5.92 Å². The summed E-state index contributed by atoms with van der Waals surface area (Å²) < 4.78 is 10.1. The maximum absolute atomic E-state index is 11.9. The zero-order valence-corrected chi connectivity index (χ0v) is 14.7. The Labute approximate surface area is 148 Å². The summed E-state index contributed by atoms with van der Waals surface area (Å²) >= 11 is 0. The topological polar surface area (TPSA) is 68.5 Å². The SMILES string of the molecule is COc1ccc(CN2CCC(CCCC(=O)c3ncco3)CC2)cn1. The van der Waals surface area contributed by atoms with Crippen LogP contribution in [-0.2, 0) is 6.54 Å². The third-order valence-corrected chi connectivity index (χ3v) is 4.81. The van der Waals surface area contributed by atoms with Crippen molar-refractivity contribution in [1.29, 1.82) is 0 Å². The number of piperidine rings is 1. The first-order chi connectivity index (χ1) is 12.2. The zero-order chi connectivity index (χ0) is 17.5. The number of oxazole rings is 1. The van der Waals surface area contributed by atoms with E-state index in [2.05, 4.69) is 20.9 Å². The van der Waals surface area contributed by atoms with E-state index < -0.39 is 0 Å². The van der Waals surface area contributed by atoms with Gasteiger partial charge in [-0.25, -0.2) is 9.97 Å². The number of rotatable bonds is 8. The van der Waals surface area contributed by atoms with Crippen LogP contribution in [0.5, 0.6) is 5.88 Å². The highest BCUT2D eigenvalue weighted by Gasteiger charge is 2.20. The van der Waals surface area contributed by atoms with Crippen LogP contribution in [0.4, 0.5) is 0 Å². The number of methoxy groups -OCH3 is 1. The number of carbonyl (C=O) groups is 1. The monoisotopic (exact) mass is 343 g/mol. The second-order valence-electron chi connectivity index (χ2n) is 6.58. The predicted octanol–water partition coefficient (Wildman–Crippen LogP) is 3.34. The van der Waals surface area contributed by atoms with Gasteiger partial charge in [-0.1, -0.05) is 6.07 Å². The van der Waals surface area contributed by atoms with Gasteiger partial charge in [-0.15, -0.1) is 0 Å². The number of Topliss-reactive ketones (excluding diaryl/α,β-unsaturated/α-hetero) is 1. The van der Waals surface area contributed by atoms with Crippen molar-refractivity contribution in [3.63, 3.8) is 0 Å². The normalized spacial score (nSPS) is 16.0. The second-order valence-corrected chi connectivity index (χ2v) is 6.58. The summed E-state index contributed by atoms with van der Waals surface area (Å²) in [5.74, 6) is 1.61. The number of pyridine rings is 1. The molecule has 1 fully saturated rings. The lowest BCUT2D eigenvalue weighted by molar-refractivity contribution is 0.0940. The molecule has 0 aliphatic carbocycles. The van der Waals surface area contributed by atoms with Crippen LogP contribution in [-0.4, -0.2) is 40.9 Å². The van der Waals surface area contributed by atoms with Gasteiger partial charge in [0.05, 0.1) is 13.3 Å². The fourth-order valence-electron chi connectivity index (χ4n) is 3.34. The molecular weight excluding hydrogens is 318 g/mol. The Kier molecular flexibility index (Phi) is 6.17. The van der Waals surface area contributed by atoms with Gasteiger partial charge < -0.3 is 9.15 Å². The van der Waals surface area contributed by atoms with Gasteiger partial charge in [0.15, 0.2) is 0 Å². The quantitative estimate of drug-likeness (QED) is 0.685. The number of ketones is 1. The molecule has 6 nitrogen and oxygen atoms in total. The number of hydrogen-bond acceptors (Lipinski definition) is 6. The number of carbonyl (C=O) groups excluding carboxylic acids is 1. The molecule has 0 radical (unpaired) electrons. The molecule has 0 unspecified atom stereocenters. The van der Waals surface area contributed by atoms with Gasteiger partial charge in [0.25, 0.3) is 5.89 Å². The van der Waals surface area contributed by atoms with Crippen molar-refractivity contribution < 1.29 is 13.9 Å². The molecule has 25 heavy (non-hydrogen) atoms. The Morgan fingerprint density at radius 1 is 1.32 bits per heavy atom. The average Bonchev–Trinajstić information content (AvgIpc) is 3.19. The second kappa shape index (κ2) is 8.76. The van der Waals surface area contributed by atoms with Crippen LogP contribution in [0.2, 0.25) is 0 Å². The van der Waals surface area contributed by atoms with Gasteiger partial charge in [0.1, 0.15) is 6.26 Å². The zero-order valence-electron chi connectivity index (χ0n) is 14.7. The first-order valence-electron chi connectivity index (χ1n) is 8.88. The summed E-state index contributed by atoms with van der Waals surface area (Å²) in [6.07, 6.45) is 9.77. The van der Waals surface area contributed by atoms with Crippen LogP contribution in [0.15, 0.2) is 35.2 Å². The summed E-state index contributed by atoms with van der Waals surface area (Å²) in [6.45, 7) is 3.14. The maximum Gasteiger partial charge on any atom is 0.263 e. The first-order valence-corrected chi connectivity index (χ1v) is 8.88. The van der Waals surface area contributed by atoms with Crippen LogP contribution >= 0.6 is 0 Å². The van der Waals surface area contributed by atoms with Gasteiger partial charge in [-0.2, -0.15) is 0 Å². The predicted molar refractivity (Wildman–Crippen MR) is 93.5 cm³/mol. The van der Waals surface area contributed by atoms with Crippen molar-refractivity contribution in [2.75, 3.05) is 20.2 Å². The number of nitrogens with zero attached hydrogens (tertiary/aromatic N) is 3. The van der Waals surface area contributed by atoms with Crippen molar-refractivity contribution in [3.05, 3.63) is 42.2 Å². The van der Waals surface area contributed by atoms with Gasteiger partial charge in [-0.05, 0) is 50.3 Å². The Balaban J connectivity index is 1.34. The highest BCUT2D eigenvalue weighted by atomic mass is 16.5. The van der Waals surface area contributed by atoms with E-state index in [-0.39, 0.29) is 11.7 Å². The van der Waals surface area contributed by atoms with Crippen molar-refractivity contribution in [3.8, 4) is 5.88 Å². The average molecular weight is 343 g/mol. The summed E-state index contributed by atoms with van der Waals surface area (Å²) in [5.41, 5.74) is 1.22. The van der Waals surface area contributed by atoms with Crippen molar-refractivity contribution in [2.45, 2.75) is 38.6 Å². The molecular formula is C19H25N3O3. The summed E-state index contributed by atoms with van der Waals surface area (Å²) in [4.78, 5) is 22.5. The van der Waals surface area contributed by atoms with Crippen molar-refractivity contribution >= 4 is 5.78 Å². The minimum atomic E-state index is 0.00874. The van der Waals surface area contributed by atoms with Crippen LogP contribution in [0.1, 0.15) is 48.4 Å². The number of likely N-dealkylation sites (tertiary alicyclic amines) is 1. The van der Waals surface area contributed by atoms with E-state index in [4.69, 9.17) is 9.15 Å².